The Labute approximate surface area is 203 Å². The highest BCUT2D eigenvalue weighted by atomic mass is 31.2. The zero-order valence-electron chi connectivity index (χ0n) is 21.2. The van der Waals surface area contributed by atoms with Crippen molar-refractivity contribution in [2.75, 3.05) is 18.9 Å². The fourth-order valence-corrected chi connectivity index (χ4v) is 6.49. The molecule has 1 heterocycles. The second-order valence-electron chi connectivity index (χ2n) is 10.1. The maximum absolute atomic E-state index is 12.3. The highest BCUT2D eigenvalue weighted by Crippen LogP contribution is 2.40. The topological polar surface area (TPSA) is 110 Å². The van der Waals surface area contributed by atoms with Gasteiger partial charge in [0.25, 0.3) is 0 Å². The normalized spacial score (nSPS) is 24.9. The van der Waals surface area contributed by atoms with Gasteiger partial charge in [-0.15, -0.1) is 0 Å². The second-order valence-corrected chi connectivity index (χ2v) is 12.5. The van der Waals surface area contributed by atoms with Crippen LogP contribution in [0.25, 0.3) is 0 Å². The molecule has 5 atom stereocenters. The third-order valence-electron chi connectivity index (χ3n) is 6.95. The molecule has 0 aromatic heterocycles. The maximum Gasteiger partial charge on any atom is 0.111 e. The van der Waals surface area contributed by atoms with Crippen molar-refractivity contribution in [1.29, 1.82) is 0 Å². The summed E-state index contributed by atoms with van der Waals surface area (Å²) in [5.41, 5.74) is 0. The van der Waals surface area contributed by atoms with Crippen LogP contribution in [0.2, 0.25) is 0 Å². The minimum absolute atomic E-state index is 0.109. The van der Waals surface area contributed by atoms with Gasteiger partial charge < -0.3 is 29.5 Å². The summed E-state index contributed by atoms with van der Waals surface area (Å²) in [5.74, 6) is 0. The van der Waals surface area contributed by atoms with Crippen molar-refractivity contribution in [3.63, 3.8) is 0 Å². The van der Waals surface area contributed by atoms with Crippen molar-refractivity contribution in [1.82, 2.24) is 0 Å². The van der Waals surface area contributed by atoms with Crippen molar-refractivity contribution >= 4 is 7.37 Å². The summed E-state index contributed by atoms with van der Waals surface area (Å²) in [6, 6.07) is 0. The fraction of sp³-hybridized carbons (Fsp3) is 1.00. The van der Waals surface area contributed by atoms with Gasteiger partial charge in [-0.25, -0.2) is 0 Å². The molecule has 33 heavy (non-hydrogen) atoms. The number of rotatable bonds is 22. The highest BCUT2D eigenvalue weighted by molar-refractivity contribution is 7.56. The average molecular weight is 492 g/mol. The van der Waals surface area contributed by atoms with E-state index in [9.17, 15) is 19.7 Å². The summed E-state index contributed by atoms with van der Waals surface area (Å²) >= 11 is 0. The van der Waals surface area contributed by atoms with Crippen LogP contribution in [0.15, 0.2) is 0 Å². The molecule has 1 saturated heterocycles. The summed E-state index contributed by atoms with van der Waals surface area (Å²) in [5, 5.41) is 28.7. The average Bonchev–Trinajstić information content (AvgIpc) is 3.05. The van der Waals surface area contributed by atoms with E-state index in [1.54, 1.807) is 0 Å². The summed E-state index contributed by atoms with van der Waals surface area (Å²) in [6.45, 7) is 1.83. The van der Waals surface area contributed by atoms with Crippen molar-refractivity contribution in [3.8, 4) is 0 Å². The van der Waals surface area contributed by atoms with Crippen molar-refractivity contribution in [2.45, 2.75) is 147 Å². The van der Waals surface area contributed by atoms with E-state index >= 15 is 0 Å². The Morgan fingerprint density at radius 1 is 0.667 bits per heavy atom. The van der Waals surface area contributed by atoms with Crippen LogP contribution in [0.5, 0.6) is 0 Å². The van der Waals surface area contributed by atoms with Crippen LogP contribution in [-0.4, -0.2) is 58.7 Å². The third kappa shape index (κ3) is 14.9. The van der Waals surface area contributed by atoms with Gasteiger partial charge in [-0.3, -0.25) is 0 Å². The minimum Gasteiger partial charge on any atom is -0.799 e. The van der Waals surface area contributed by atoms with Gasteiger partial charge in [0.15, 0.2) is 0 Å². The van der Waals surface area contributed by atoms with Crippen LogP contribution in [0.1, 0.15) is 122 Å². The molecule has 3 N–H and O–H groups in total. The number of aliphatic hydroxyl groups is 3. The lowest BCUT2D eigenvalue weighted by Crippen LogP contribution is -2.35. The lowest BCUT2D eigenvalue weighted by molar-refractivity contribution is -0.177. The van der Waals surface area contributed by atoms with Gasteiger partial charge in [0.05, 0.1) is 12.7 Å². The van der Waals surface area contributed by atoms with Crippen LogP contribution < -0.4 is 4.89 Å². The molecule has 1 aliphatic heterocycles. The van der Waals surface area contributed by atoms with Crippen molar-refractivity contribution in [2.24, 2.45) is 0 Å². The number of hydrogen-bond acceptors (Lipinski definition) is 6. The Balaban J connectivity index is 1.88. The standard InChI is InChI=1S/C26H53O6P/c1-2-3-4-5-6-7-8-9-10-11-12-13-14-15-16-17-18-19-20-33(30,31)22-24-26(29)25(28)23(21-27)32-24/h23-29H,2-22H2,1H3,(H,30,31)/p-1/t23-,24+,25-,26-/m1/s1. The first-order valence-corrected chi connectivity index (χ1v) is 15.8. The van der Waals surface area contributed by atoms with Gasteiger partial charge in [-0.05, 0) is 12.6 Å². The molecule has 1 fully saturated rings. The summed E-state index contributed by atoms with van der Waals surface area (Å²) in [7, 11) is -3.66. The van der Waals surface area contributed by atoms with E-state index in [4.69, 9.17) is 9.84 Å². The van der Waals surface area contributed by atoms with Crippen LogP contribution in [0, 0.1) is 0 Å². The third-order valence-corrected chi connectivity index (χ3v) is 8.87. The SMILES string of the molecule is CCCCCCCCCCCCCCCCCCCCP(=O)([O-])C[C@@H]1O[C@H](CO)[C@@H](O)[C@@H]1O. The molecule has 1 rings (SSSR count). The Bertz CT molecular complexity index is 503. The van der Waals surface area contributed by atoms with Crippen LogP contribution in [0.3, 0.4) is 0 Å². The Morgan fingerprint density at radius 3 is 1.39 bits per heavy atom. The smallest absolute Gasteiger partial charge is 0.111 e. The number of aliphatic hydroxyl groups excluding tert-OH is 3. The molecule has 0 spiro atoms. The number of ether oxygens (including phenoxy) is 1. The van der Waals surface area contributed by atoms with Gasteiger partial charge in [0.1, 0.15) is 18.3 Å². The van der Waals surface area contributed by atoms with E-state index in [0.29, 0.717) is 6.42 Å². The monoisotopic (exact) mass is 491 g/mol. The number of unbranched alkanes of at least 4 members (excludes halogenated alkanes) is 17. The predicted octanol–water partition coefficient (Wildman–Crippen LogP) is 5.15. The highest BCUT2D eigenvalue weighted by Gasteiger charge is 2.43. The molecule has 1 aliphatic rings. The fourth-order valence-electron chi connectivity index (χ4n) is 4.75. The molecule has 6 nitrogen and oxygen atoms in total. The Morgan fingerprint density at radius 2 is 1.03 bits per heavy atom. The second kappa shape index (κ2) is 19.2. The molecule has 7 heteroatoms. The van der Waals surface area contributed by atoms with E-state index in [1.807, 2.05) is 0 Å². The number of hydrogen-bond donors (Lipinski definition) is 3. The lowest BCUT2D eigenvalue weighted by Gasteiger charge is -2.27. The van der Waals surface area contributed by atoms with Gasteiger partial charge in [0.2, 0.25) is 0 Å². The van der Waals surface area contributed by atoms with E-state index in [-0.39, 0.29) is 12.3 Å². The van der Waals surface area contributed by atoms with Gasteiger partial charge in [-0.1, -0.05) is 116 Å². The molecule has 198 valence electrons. The summed E-state index contributed by atoms with van der Waals surface area (Å²) in [4.78, 5) is 12.3. The van der Waals surface area contributed by atoms with Crippen LogP contribution in [0.4, 0.5) is 0 Å². The van der Waals surface area contributed by atoms with Crippen molar-refractivity contribution < 1.29 is 29.5 Å². The molecule has 0 aromatic carbocycles. The molecular formula is C26H52O6P-. The predicted molar refractivity (Wildman–Crippen MR) is 134 cm³/mol. The van der Waals surface area contributed by atoms with E-state index < -0.39 is 38.4 Å². The molecule has 0 aromatic rings. The van der Waals surface area contributed by atoms with Gasteiger partial charge in [-0.2, -0.15) is 0 Å². The molecule has 0 amide bonds. The summed E-state index contributed by atoms with van der Waals surface area (Å²) in [6.07, 6.45) is 18.3. The first-order chi connectivity index (χ1) is 15.9. The van der Waals surface area contributed by atoms with E-state index in [1.165, 1.54) is 89.9 Å². The van der Waals surface area contributed by atoms with Gasteiger partial charge in [0, 0.05) is 13.5 Å². The quantitative estimate of drug-likeness (QED) is 0.143. The zero-order chi connectivity index (χ0) is 24.4. The molecule has 0 saturated carbocycles. The van der Waals surface area contributed by atoms with Crippen LogP contribution in [-0.2, 0) is 9.30 Å². The van der Waals surface area contributed by atoms with Gasteiger partial charge >= 0.3 is 0 Å². The maximum atomic E-state index is 12.3. The molecule has 1 unspecified atom stereocenters. The largest absolute Gasteiger partial charge is 0.799 e. The molecular weight excluding hydrogens is 439 g/mol. The Kier molecular flexibility index (Phi) is 18.1. The zero-order valence-corrected chi connectivity index (χ0v) is 22.1. The van der Waals surface area contributed by atoms with Crippen molar-refractivity contribution in [3.05, 3.63) is 0 Å². The molecule has 0 aliphatic carbocycles. The van der Waals surface area contributed by atoms with Crippen LogP contribution >= 0.6 is 7.37 Å². The lowest BCUT2D eigenvalue weighted by atomic mass is 10.0. The molecule has 0 bridgehead atoms. The minimum atomic E-state index is -3.66. The first-order valence-electron chi connectivity index (χ1n) is 13.8. The molecule has 0 radical (unpaired) electrons. The first kappa shape index (κ1) is 31.1. The van der Waals surface area contributed by atoms with E-state index in [0.717, 1.165) is 19.3 Å². The van der Waals surface area contributed by atoms with E-state index in [2.05, 4.69) is 6.92 Å². The Hall–Kier alpha value is 0.0300. The summed E-state index contributed by atoms with van der Waals surface area (Å²) < 4.78 is 17.6.